The lowest BCUT2D eigenvalue weighted by Gasteiger charge is -2.10. The van der Waals surface area contributed by atoms with Crippen LogP contribution in [0.4, 0.5) is 0 Å². The molecule has 13 nitrogen and oxygen atoms in total. The van der Waals surface area contributed by atoms with Crippen molar-refractivity contribution in [2.45, 2.75) is 43.8 Å². The van der Waals surface area contributed by atoms with Gasteiger partial charge in [-0.2, -0.15) is 0 Å². The molecule has 0 aliphatic heterocycles. The first kappa shape index (κ1) is 27.5. The summed E-state index contributed by atoms with van der Waals surface area (Å²) in [6.07, 6.45) is -0.0206. The number of aliphatic carboxylic acids is 2. The van der Waals surface area contributed by atoms with Gasteiger partial charge in [-0.3, -0.25) is 19.2 Å². The van der Waals surface area contributed by atoms with E-state index >= 15 is 0 Å². The molecule has 0 spiro atoms. The van der Waals surface area contributed by atoms with E-state index in [1.165, 1.54) is 12.1 Å². The predicted octanol–water partition coefficient (Wildman–Crippen LogP) is -2.59. The molecule has 1 aromatic carbocycles. The zero-order valence-electron chi connectivity index (χ0n) is 16.6. The van der Waals surface area contributed by atoms with Crippen LogP contribution in [0.25, 0.3) is 0 Å². The molecule has 0 saturated carbocycles. The van der Waals surface area contributed by atoms with Crippen LogP contribution in [-0.4, -0.2) is 58.1 Å². The van der Waals surface area contributed by atoms with E-state index in [-0.39, 0.29) is 31.4 Å². The van der Waals surface area contributed by atoms with E-state index in [1.54, 1.807) is 12.1 Å². The van der Waals surface area contributed by atoms with Crippen LogP contribution in [0.2, 0.25) is 0 Å². The molecular formula is C18H27N5O8. The van der Waals surface area contributed by atoms with Crippen molar-refractivity contribution in [1.29, 1.82) is 0 Å². The summed E-state index contributed by atoms with van der Waals surface area (Å²) in [6.45, 7) is 0. The topological polar surface area (TPSA) is 265 Å². The zero-order valence-corrected chi connectivity index (χ0v) is 16.6. The van der Waals surface area contributed by atoms with E-state index in [9.17, 15) is 24.0 Å². The summed E-state index contributed by atoms with van der Waals surface area (Å²) in [6, 6.07) is 3.05. The minimum atomic E-state index is -1.12. The number of carboxylic acids is 2. The van der Waals surface area contributed by atoms with Crippen LogP contribution in [0.1, 0.15) is 24.8 Å². The number of amides is 2. The maximum absolute atomic E-state index is 11.5. The first-order valence-electron chi connectivity index (χ1n) is 8.93. The van der Waals surface area contributed by atoms with E-state index in [1.807, 2.05) is 0 Å². The van der Waals surface area contributed by atoms with Gasteiger partial charge >= 0.3 is 17.9 Å². The third-order valence-corrected chi connectivity index (χ3v) is 3.66. The van der Waals surface area contributed by atoms with Crippen molar-refractivity contribution >= 4 is 29.7 Å². The molecule has 0 fully saturated rings. The Balaban J connectivity index is 0.000000759. The molecule has 0 aliphatic carbocycles. The molecule has 0 unspecified atom stereocenters. The van der Waals surface area contributed by atoms with Gasteiger partial charge in [0.25, 0.3) is 0 Å². The van der Waals surface area contributed by atoms with Crippen molar-refractivity contribution in [3.8, 4) is 5.75 Å². The van der Waals surface area contributed by atoms with Crippen molar-refractivity contribution in [2.75, 3.05) is 0 Å². The number of nitrogens with two attached hydrogens (primary N) is 5. The smallest absolute Gasteiger partial charge is 0.328 e. The standard InChI is InChI=1S/C13H17N3O5.C5H10N2O3/c14-9(12(18)19)5-7-1-3-8(4-2-7)21-13(20)10(15)6-11(16)17;6-3(5(9)10)1-2-4(7)8/h1-4,9-10H,5-6,14-15H2,(H2,16,17)(H,18,19);3H,1-2,6H2,(H2,7,8)(H,9,10)/t9-,10-;3-/m00/s1. The van der Waals surface area contributed by atoms with Crippen LogP contribution in [0.15, 0.2) is 24.3 Å². The van der Waals surface area contributed by atoms with Gasteiger partial charge in [-0.25, -0.2) is 4.79 Å². The van der Waals surface area contributed by atoms with Crippen molar-refractivity contribution in [1.82, 2.24) is 0 Å². The van der Waals surface area contributed by atoms with Gasteiger partial charge in [0.1, 0.15) is 23.9 Å². The number of hydrogen-bond acceptors (Lipinski definition) is 9. The number of carbonyl (C=O) groups excluding carboxylic acids is 3. The summed E-state index contributed by atoms with van der Waals surface area (Å²) in [5.41, 5.74) is 26.3. The van der Waals surface area contributed by atoms with Crippen LogP contribution in [0.5, 0.6) is 5.75 Å². The first-order chi connectivity index (χ1) is 14.3. The summed E-state index contributed by atoms with van der Waals surface area (Å²) < 4.78 is 4.97. The maximum Gasteiger partial charge on any atom is 0.328 e. The Morgan fingerprint density at radius 2 is 1.32 bits per heavy atom. The second-order valence-electron chi connectivity index (χ2n) is 6.44. The number of carbonyl (C=O) groups is 5. The lowest BCUT2D eigenvalue weighted by atomic mass is 10.1. The van der Waals surface area contributed by atoms with Crippen molar-refractivity contribution in [3.63, 3.8) is 0 Å². The number of carboxylic acid groups (broad SMARTS) is 2. The Kier molecular flexibility index (Phi) is 12.1. The van der Waals surface area contributed by atoms with Crippen molar-refractivity contribution in [3.05, 3.63) is 29.8 Å². The van der Waals surface area contributed by atoms with Gasteiger partial charge < -0.3 is 43.6 Å². The summed E-state index contributed by atoms with van der Waals surface area (Å²) >= 11 is 0. The largest absolute Gasteiger partial charge is 0.480 e. The fraction of sp³-hybridized carbons (Fsp3) is 0.389. The van der Waals surface area contributed by atoms with Gasteiger partial charge in [0.2, 0.25) is 11.8 Å². The highest BCUT2D eigenvalue weighted by atomic mass is 16.5. The summed E-state index contributed by atoms with van der Waals surface area (Å²) in [4.78, 5) is 53.0. The Hall–Kier alpha value is -3.55. The number of benzene rings is 1. The maximum atomic E-state index is 11.5. The molecule has 172 valence electrons. The van der Waals surface area contributed by atoms with Crippen LogP contribution >= 0.6 is 0 Å². The van der Waals surface area contributed by atoms with Crippen LogP contribution in [0, 0.1) is 0 Å². The van der Waals surface area contributed by atoms with Crippen LogP contribution in [0.3, 0.4) is 0 Å². The molecule has 0 heterocycles. The molecule has 0 radical (unpaired) electrons. The van der Waals surface area contributed by atoms with Gasteiger partial charge in [0.05, 0.1) is 6.42 Å². The van der Waals surface area contributed by atoms with E-state index in [2.05, 4.69) is 0 Å². The molecule has 0 bridgehead atoms. The summed E-state index contributed by atoms with van der Waals surface area (Å²) in [5.74, 6) is -3.98. The predicted molar refractivity (Wildman–Crippen MR) is 107 cm³/mol. The second-order valence-corrected chi connectivity index (χ2v) is 6.44. The normalized spacial score (nSPS) is 13.0. The average molecular weight is 441 g/mol. The Bertz CT molecular complexity index is 784. The highest BCUT2D eigenvalue weighted by Gasteiger charge is 2.18. The fourth-order valence-corrected chi connectivity index (χ4v) is 1.95. The van der Waals surface area contributed by atoms with E-state index < -0.39 is 47.8 Å². The van der Waals surface area contributed by atoms with Crippen molar-refractivity contribution < 1.29 is 38.9 Å². The molecule has 2 amide bonds. The molecule has 12 N–H and O–H groups in total. The van der Waals surface area contributed by atoms with E-state index in [4.69, 9.17) is 43.6 Å². The second kappa shape index (κ2) is 13.6. The lowest BCUT2D eigenvalue weighted by Crippen LogP contribution is -2.37. The number of rotatable bonds is 11. The summed E-state index contributed by atoms with van der Waals surface area (Å²) in [7, 11) is 0. The highest BCUT2D eigenvalue weighted by Crippen LogP contribution is 2.14. The Morgan fingerprint density at radius 1 is 0.806 bits per heavy atom. The molecule has 0 saturated heterocycles. The van der Waals surface area contributed by atoms with Gasteiger partial charge in [0, 0.05) is 6.42 Å². The van der Waals surface area contributed by atoms with E-state index in [0.29, 0.717) is 5.56 Å². The third kappa shape index (κ3) is 12.6. The van der Waals surface area contributed by atoms with E-state index in [0.717, 1.165) is 0 Å². The number of primary amides is 2. The molecule has 3 atom stereocenters. The third-order valence-electron chi connectivity index (χ3n) is 3.66. The monoisotopic (exact) mass is 441 g/mol. The molecule has 0 aliphatic rings. The minimum absolute atomic E-state index is 0.0213. The SMILES string of the molecule is NC(=O)CC[C@H](N)C(=O)O.NC(=O)C[C@H](N)C(=O)Oc1ccc(C[C@H](N)C(=O)O)cc1. The average Bonchev–Trinajstić information content (AvgIpc) is 2.67. The fourth-order valence-electron chi connectivity index (χ4n) is 1.95. The van der Waals surface area contributed by atoms with Crippen molar-refractivity contribution in [2.24, 2.45) is 28.7 Å². The summed E-state index contributed by atoms with van der Waals surface area (Å²) in [5, 5.41) is 16.9. The molecule has 0 aromatic heterocycles. The van der Waals surface area contributed by atoms with Gasteiger partial charge in [0.15, 0.2) is 0 Å². The van der Waals surface area contributed by atoms with Crippen LogP contribution < -0.4 is 33.4 Å². The molecule has 1 rings (SSSR count). The van der Waals surface area contributed by atoms with Gasteiger partial charge in [-0.1, -0.05) is 12.1 Å². The number of hydrogen-bond donors (Lipinski definition) is 7. The number of esters is 1. The quantitative estimate of drug-likeness (QED) is 0.138. The van der Waals surface area contributed by atoms with Gasteiger partial charge in [-0.15, -0.1) is 0 Å². The molecule has 31 heavy (non-hydrogen) atoms. The highest BCUT2D eigenvalue weighted by molar-refractivity contribution is 5.85. The van der Waals surface area contributed by atoms with Crippen LogP contribution in [-0.2, 0) is 30.4 Å². The minimum Gasteiger partial charge on any atom is -0.480 e. The molecule has 1 aromatic rings. The lowest BCUT2D eigenvalue weighted by molar-refractivity contribution is -0.139. The molecule has 13 heteroatoms. The number of ether oxygens (including phenoxy) is 1. The van der Waals surface area contributed by atoms with Gasteiger partial charge in [-0.05, 0) is 30.5 Å². The Morgan fingerprint density at radius 3 is 1.74 bits per heavy atom. The molecular weight excluding hydrogens is 414 g/mol. The first-order valence-corrected chi connectivity index (χ1v) is 8.93. The zero-order chi connectivity index (χ0) is 24.1. The Labute approximate surface area is 177 Å².